The maximum Gasteiger partial charge on any atom is 0.307 e. The zero-order chi connectivity index (χ0) is 18.9. The van der Waals surface area contributed by atoms with Gasteiger partial charge in [-0.3, -0.25) is 9.59 Å². The molecule has 0 spiro atoms. The summed E-state index contributed by atoms with van der Waals surface area (Å²) in [6.45, 7) is 7.25. The molecule has 0 fully saturated rings. The lowest BCUT2D eigenvalue weighted by atomic mass is 9.97. The third-order valence-corrected chi connectivity index (χ3v) is 3.73. The number of hydrogen-bond acceptors (Lipinski definition) is 4. The van der Waals surface area contributed by atoms with Crippen LogP contribution in [0.3, 0.4) is 0 Å². The molecule has 140 valence electrons. The van der Waals surface area contributed by atoms with E-state index in [1.807, 2.05) is 37.3 Å². The number of ether oxygens (including phenoxy) is 1. The van der Waals surface area contributed by atoms with Gasteiger partial charge in [-0.1, -0.05) is 43.7 Å². The number of benzene rings is 1. The minimum Gasteiger partial charge on any atom is -0.460 e. The van der Waals surface area contributed by atoms with Gasteiger partial charge >= 0.3 is 5.97 Å². The predicted octanol–water partition coefficient (Wildman–Crippen LogP) is 2.85. The molecule has 0 bridgehead atoms. The first kappa shape index (κ1) is 21.2. The van der Waals surface area contributed by atoms with Crippen molar-refractivity contribution >= 4 is 11.9 Å². The van der Waals surface area contributed by atoms with E-state index in [0.29, 0.717) is 12.8 Å². The van der Waals surface area contributed by atoms with Gasteiger partial charge in [-0.2, -0.15) is 0 Å². The number of aliphatic hydroxyl groups excluding tert-OH is 1. The Kier molecular flexibility index (Phi) is 8.62. The minimum atomic E-state index is -0.564. The van der Waals surface area contributed by atoms with Gasteiger partial charge in [-0.25, -0.2) is 0 Å². The maximum absolute atomic E-state index is 12.6. The molecule has 0 radical (unpaired) electrons. The summed E-state index contributed by atoms with van der Waals surface area (Å²) in [4.78, 5) is 24.6. The Morgan fingerprint density at radius 2 is 1.84 bits per heavy atom. The minimum absolute atomic E-state index is 0.0560. The Labute approximate surface area is 150 Å². The average molecular weight is 349 g/mol. The van der Waals surface area contributed by atoms with Crippen molar-refractivity contribution in [3.63, 3.8) is 0 Å². The summed E-state index contributed by atoms with van der Waals surface area (Å²) in [5.74, 6) is -1.02. The van der Waals surface area contributed by atoms with Crippen molar-refractivity contribution in [3.05, 3.63) is 35.9 Å². The standard InChI is InChI=1S/C20H31NO4/c1-5-9-16(13-18(23)25-20(2,3)4)19(24)21-17(14-22)12-15-10-7-6-8-11-15/h6-8,10-11,16-17,22H,5,9,12-14H2,1-4H3,(H,21,24)/t16-,17+/m1/s1. The van der Waals surface area contributed by atoms with Crippen LogP contribution < -0.4 is 5.32 Å². The van der Waals surface area contributed by atoms with Crippen molar-refractivity contribution in [1.82, 2.24) is 5.32 Å². The Balaban J connectivity index is 2.65. The van der Waals surface area contributed by atoms with E-state index in [1.165, 1.54) is 0 Å². The van der Waals surface area contributed by atoms with Gasteiger partial charge in [0.15, 0.2) is 0 Å². The van der Waals surface area contributed by atoms with Crippen LogP contribution in [-0.4, -0.2) is 35.2 Å². The number of hydrogen-bond donors (Lipinski definition) is 2. The second-order valence-corrected chi connectivity index (χ2v) is 7.35. The number of aliphatic hydroxyl groups is 1. The van der Waals surface area contributed by atoms with Crippen molar-refractivity contribution < 1.29 is 19.4 Å². The molecule has 5 heteroatoms. The number of amides is 1. The zero-order valence-corrected chi connectivity index (χ0v) is 15.7. The van der Waals surface area contributed by atoms with E-state index in [9.17, 15) is 14.7 Å². The van der Waals surface area contributed by atoms with E-state index in [2.05, 4.69) is 5.32 Å². The number of nitrogens with one attached hydrogen (secondary N) is 1. The van der Waals surface area contributed by atoms with Crippen LogP contribution in [0.25, 0.3) is 0 Å². The lowest BCUT2D eigenvalue weighted by molar-refractivity contribution is -0.157. The maximum atomic E-state index is 12.6. The van der Waals surface area contributed by atoms with E-state index < -0.39 is 11.5 Å². The van der Waals surface area contributed by atoms with Gasteiger partial charge in [0, 0.05) is 5.92 Å². The number of rotatable bonds is 9. The monoisotopic (exact) mass is 349 g/mol. The third-order valence-electron chi connectivity index (χ3n) is 3.73. The normalized spacial score (nSPS) is 13.8. The fraction of sp³-hybridized carbons (Fsp3) is 0.600. The second kappa shape index (κ2) is 10.2. The molecule has 0 aliphatic rings. The molecule has 0 heterocycles. The summed E-state index contributed by atoms with van der Waals surface area (Å²) in [5, 5.41) is 12.4. The van der Waals surface area contributed by atoms with Crippen LogP contribution in [0.1, 0.15) is 52.5 Å². The Hall–Kier alpha value is -1.88. The molecule has 25 heavy (non-hydrogen) atoms. The lowest BCUT2D eigenvalue weighted by Gasteiger charge is -2.23. The van der Waals surface area contributed by atoms with E-state index >= 15 is 0 Å². The molecule has 0 aromatic heterocycles. The summed E-state index contributed by atoms with van der Waals surface area (Å²) in [5.41, 5.74) is 0.478. The van der Waals surface area contributed by atoms with Crippen LogP contribution in [0, 0.1) is 5.92 Å². The van der Waals surface area contributed by atoms with Crippen molar-refractivity contribution in [3.8, 4) is 0 Å². The van der Waals surface area contributed by atoms with Crippen LogP contribution in [0.2, 0.25) is 0 Å². The van der Waals surface area contributed by atoms with Gasteiger partial charge in [0.25, 0.3) is 0 Å². The van der Waals surface area contributed by atoms with Gasteiger partial charge in [-0.15, -0.1) is 0 Å². The first-order valence-corrected chi connectivity index (χ1v) is 8.92. The number of esters is 1. The van der Waals surface area contributed by atoms with Crippen LogP contribution in [0.5, 0.6) is 0 Å². The molecule has 0 aliphatic heterocycles. The summed E-state index contributed by atoms with van der Waals surface area (Å²) < 4.78 is 5.32. The number of carbonyl (C=O) groups is 2. The molecule has 1 rings (SSSR count). The molecule has 5 nitrogen and oxygen atoms in total. The molecule has 1 aromatic carbocycles. The average Bonchev–Trinajstić information content (AvgIpc) is 2.53. The van der Waals surface area contributed by atoms with E-state index in [4.69, 9.17) is 4.74 Å². The van der Waals surface area contributed by atoms with Gasteiger partial charge in [-0.05, 0) is 39.2 Å². The van der Waals surface area contributed by atoms with Crippen molar-refractivity contribution in [2.45, 2.75) is 65.0 Å². The highest BCUT2D eigenvalue weighted by Crippen LogP contribution is 2.17. The summed E-state index contributed by atoms with van der Waals surface area (Å²) in [7, 11) is 0. The fourth-order valence-corrected chi connectivity index (χ4v) is 2.64. The van der Waals surface area contributed by atoms with Gasteiger partial charge in [0.05, 0.1) is 19.1 Å². The lowest BCUT2D eigenvalue weighted by Crippen LogP contribution is -2.43. The predicted molar refractivity (Wildman–Crippen MR) is 98.0 cm³/mol. The van der Waals surface area contributed by atoms with Gasteiger partial charge in [0.2, 0.25) is 5.91 Å². The highest BCUT2D eigenvalue weighted by molar-refractivity contribution is 5.84. The first-order chi connectivity index (χ1) is 11.7. The van der Waals surface area contributed by atoms with Crippen LogP contribution in [0.4, 0.5) is 0 Å². The third kappa shape index (κ3) is 8.68. The SMILES string of the molecule is CCC[C@H](CC(=O)OC(C)(C)C)C(=O)N[C@H](CO)Cc1ccccc1. The Morgan fingerprint density at radius 1 is 1.20 bits per heavy atom. The molecular formula is C20H31NO4. The van der Waals surface area contributed by atoms with E-state index in [-0.39, 0.29) is 30.9 Å². The van der Waals surface area contributed by atoms with Crippen LogP contribution in [-0.2, 0) is 20.7 Å². The van der Waals surface area contributed by atoms with Crippen molar-refractivity contribution in [1.29, 1.82) is 0 Å². The quantitative estimate of drug-likeness (QED) is 0.672. The summed E-state index contributed by atoms with van der Waals surface area (Å²) in [6.07, 6.45) is 2.01. The molecule has 0 unspecified atom stereocenters. The highest BCUT2D eigenvalue weighted by Gasteiger charge is 2.26. The molecule has 1 aromatic rings. The van der Waals surface area contributed by atoms with E-state index in [1.54, 1.807) is 20.8 Å². The molecule has 2 N–H and O–H groups in total. The summed E-state index contributed by atoms with van der Waals surface area (Å²) in [6, 6.07) is 9.32. The zero-order valence-electron chi connectivity index (χ0n) is 15.7. The molecule has 1 amide bonds. The van der Waals surface area contributed by atoms with E-state index in [0.717, 1.165) is 12.0 Å². The highest BCUT2D eigenvalue weighted by atomic mass is 16.6. The molecule has 0 saturated heterocycles. The Morgan fingerprint density at radius 3 is 2.36 bits per heavy atom. The smallest absolute Gasteiger partial charge is 0.307 e. The van der Waals surface area contributed by atoms with Crippen LogP contribution >= 0.6 is 0 Å². The Bertz CT molecular complexity index is 536. The largest absolute Gasteiger partial charge is 0.460 e. The summed E-state index contributed by atoms with van der Waals surface area (Å²) >= 11 is 0. The van der Waals surface area contributed by atoms with Gasteiger partial charge in [0.1, 0.15) is 5.60 Å². The second-order valence-electron chi connectivity index (χ2n) is 7.35. The first-order valence-electron chi connectivity index (χ1n) is 8.92. The molecular weight excluding hydrogens is 318 g/mol. The number of carbonyl (C=O) groups excluding carboxylic acids is 2. The molecule has 0 saturated carbocycles. The molecule has 2 atom stereocenters. The fourth-order valence-electron chi connectivity index (χ4n) is 2.64. The van der Waals surface area contributed by atoms with Crippen LogP contribution in [0.15, 0.2) is 30.3 Å². The topological polar surface area (TPSA) is 75.6 Å². The molecule has 0 aliphatic carbocycles. The van der Waals surface area contributed by atoms with Gasteiger partial charge < -0.3 is 15.2 Å². The van der Waals surface area contributed by atoms with Crippen molar-refractivity contribution in [2.24, 2.45) is 5.92 Å². The van der Waals surface area contributed by atoms with Crippen molar-refractivity contribution in [2.75, 3.05) is 6.61 Å².